The van der Waals surface area contributed by atoms with Gasteiger partial charge in [-0.3, -0.25) is 0 Å². The molecular weight excluding hydrogens is 840 g/mol. The van der Waals surface area contributed by atoms with Gasteiger partial charge in [0.1, 0.15) is 6.10 Å². The van der Waals surface area contributed by atoms with Gasteiger partial charge in [0.25, 0.3) is 0 Å². The maximum atomic E-state index is 12.6. The number of alkyl carbamates (subject to hydrolysis) is 1. The summed E-state index contributed by atoms with van der Waals surface area (Å²) in [6.45, 7) is 11.4. The maximum absolute atomic E-state index is 12.6. The van der Waals surface area contributed by atoms with Crippen LogP contribution in [0.5, 0.6) is 0 Å². The molecule has 4 N–H and O–H groups in total. The number of aliphatic carboxylic acids is 2. The molecule has 0 saturated heterocycles. The van der Waals surface area contributed by atoms with E-state index < -0.39 is 35.6 Å². The van der Waals surface area contributed by atoms with E-state index in [1.54, 1.807) is 0 Å². The van der Waals surface area contributed by atoms with Crippen molar-refractivity contribution < 1.29 is 54.9 Å². The number of rotatable bonds is 13. The molecule has 11 heteroatoms. The van der Waals surface area contributed by atoms with Gasteiger partial charge in [0.2, 0.25) is 0 Å². The molecule has 5 aliphatic carbocycles. The van der Waals surface area contributed by atoms with Crippen molar-refractivity contribution in [3.05, 3.63) is 30.2 Å². The second kappa shape index (κ2) is 19.4. The summed E-state index contributed by atoms with van der Waals surface area (Å²) in [4.78, 5) is 34.9. The number of allylic oxidation sites excluding steroid dienone is 1. The summed E-state index contributed by atoms with van der Waals surface area (Å²) in [7, 11) is 3.74. The van der Waals surface area contributed by atoms with Crippen molar-refractivity contribution in [1.82, 2.24) is 5.32 Å². The number of carbonyl (C=O) groups is 3. The fraction of sp³-hybridized carbons (Fsp3) is 0.854. The van der Waals surface area contributed by atoms with Crippen molar-refractivity contribution >= 4 is 18.0 Å². The van der Waals surface area contributed by atoms with Crippen molar-refractivity contribution in [2.45, 2.75) is 149 Å². The Morgan fingerprint density at radius 3 is 2.27 bits per heavy atom. The Morgan fingerprint density at radius 1 is 1.00 bits per heavy atom. The number of carboxylic acids is 2. The molecule has 0 aliphatic heterocycles. The van der Waals surface area contributed by atoms with Crippen LogP contribution in [-0.4, -0.2) is 72.0 Å². The van der Waals surface area contributed by atoms with Crippen molar-refractivity contribution in [3.8, 4) is 0 Å². The van der Waals surface area contributed by atoms with E-state index in [1.165, 1.54) is 63.4 Å². The molecule has 0 aromatic heterocycles. The van der Waals surface area contributed by atoms with Crippen LogP contribution >= 0.6 is 0 Å². The number of hydrogen-bond donors (Lipinski definition) is 2. The van der Waals surface area contributed by atoms with Gasteiger partial charge >= 0.3 is 12.1 Å². The second-order valence-electron chi connectivity index (χ2n) is 18.1. The summed E-state index contributed by atoms with van der Waals surface area (Å²) in [5, 5.41) is 22.9. The molecule has 4 fully saturated rings. The van der Waals surface area contributed by atoms with Crippen molar-refractivity contribution in [2.75, 3.05) is 26.2 Å². The zero-order valence-corrected chi connectivity index (χ0v) is 34.9. The minimum Gasteiger partial charge on any atom is -0.676 e. The predicted molar refractivity (Wildman–Crippen MR) is 199 cm³/mol. The van der Waals surface area contributed by atoms with Gasteiger partial charge in [0.15, 0.2) is 6.54 Å². The SMILES string of the molecule is [CH2-][N+](CCNC(=O)O[C@H]1CC[C@@]2(C)C(=CC[C@H]3[C@@H]4CC[C@H]([C@H](C)CCCC(C)C)[C@@]4(C)CC[C@@H]32)C1)(CC(=O)[O-])CC(=O)O.[NH-][C@@H]1CCCC[C@H]1[NH-].[Pt]. The Labute approximate surface area is 328 Å². The zero-order chi connectivity index (χ0) is 37.6. The van der Waals surface area contributed by atoms with Gasteiger partial charge in [-0.2, -0.15) is 12.1 Å². The average molecular weight is 909 g/mol. The number of nitrogens with one attached hydrogen (secondary N) is 3. The molecule has 10 nitrogen and oxygen atoms in total. The van der Waals surface area contributed by atoms with Crippen LogP contribution in [0.3, 0.4) is 0 Å². The normalized spacial score (nSPS) is 35.5. The fourth-order valence-corrected chi connectivity index (χ4v) is 11.2. The van der Waals surface area contributed by atoms with E-state index in [0.717, 1.165) is 68.1 Å². The minimum atomic E-state index is -1.38. The van der Waals surface area contributed by atoms with Gasteiger partial charge < -0.3 is 41.0 Å². The van der Waals surface area contributed by atoms with Crippen LogP contribution < -0.4 is 10.4 Å². The fourth-order valence-electron chi connectivity index (χ4n) is 11.2. The first kappa shape index (κ1) is 44.9. The van der Waals surface area contributed by atoms with Crippen LogP contribution in [0.25, 0.3) is 11.5 Å². The van der Waals surface area contributed by atoms with Crippen LogP contribution in [0.15, 0.2) is 11.6 Å². The first-order valence-electron chi connectivity index (χ1n) is 20.2. The molecule has 11 atom stereocenters. The Hall–Kier alpha value is -1.48. The van der Waals surface area contributed by atoms with Crippen LogP contribution in [0.1, 0.15) is 131 Å². The largest absolute Gasteiger partial charge is 0.676 e. The molecule has 0 aromatic rings. The van der Waals surface area contributed by atoms with Gasteiger partial charge in [-0.1, -0.05) is 91.2 Å². The number of amides is 1. The number of quaternary nitrogens is 1. The van der Waals surface area contributed by atoms with Gasteiger partial charge in [-0.15, -0.1) is 7.05 Å². The van der Waals surface area contributed by atoms with E-state index >= 15 is 0 Å². The van der Waals surface area contributed by atoms with Gasteiger partial charge in [-0.25, -0.2) is 9.59 Å². The molecule has 5 rings (SSSR count). The number of nitrogens with zero attached hydrogens (tertiary/aromatic N) is 1. The minimum absolute atomic E-state index is 0. The molecule has 1 amide bonds. The summed E-state index contributed by atoms with van der Waals surface area (Å²) in [5.74, 6) is 2.19. The summed E-state index contributed by atoms with van der Waals surface area (Å²) in [6, 6.07) is -0.160. The summed E-state index contributed by atoms with van der Waals surface area (Å²) < 4.78 is 5.30. The molecule has 0 spiro atoms. The summed E-state index contributed by atoms with van der Waals surface area (Å²) >= 11 is 0. The first-order valence-corrected chi connectivity index (χ1v) is 20.2. The number of ether oxygens (including phenoxy) is 1. The Balaban J connectivity index is 0.000000715. The Kier molecular flexibility index (Phi) is 16.8. The van der Waals surface area contributed by atoms with Crippen LogP contribution in [0.2, 0.25) is 0 Å². The average Bonchev–Trinajstić information content (AvgIpc) is 3.39. The predicted octanol–water partition coefficient (Wildman–Crippen LogP) is 7.96. The molecule has 1 unspecified atom stereocenters. The van der Waals surface area contributed by atoms with E-state index in [0.29, 0.717) is 11.3 Å². The number of carbonyl (C=O) groups excluding carboxylic acids is 2. The molecule has 52 heavy (non-hydrogen) atoms. The third-order valence-corrected chi connectivity index (χ3v) is 14.1. The third kappa shape index (κ3) is 11.3. The smallest absolute Gasteiger partial charge is 0.407 e. The number of hydrogen-bond acceptors (Lipinski definition) is 5. The van der Waals surface area contributed by atoms with Gasteiger partial charge in [0.05, 0.1) is 25.6 Å². The van der Waals surface area contributed by atoms with Crippen LogP contribution in [0.4, 0.5) is 4.79 Å². The summed E-state index contributed by atoms with van der Waals surface area (Å²) in [5.41, 5.74) is 16.7. The molecule has 302 valence electrons. The Bertz CT molecular complexity index is 1210. The number of carboxylic acid groups (broad SMARTS) is 2. The maximum Gasteiger partial charge on any atom is 0.407 e. The van der Waals surface area contributed by atoms with Crippen LogP contribution in [0, 0.1) is 53.4 Å². The van der Waals surface area contributed by atoms with Crippen LogP contribution in [-0.2, 0) is 35.4 Å². The number of fused-ring (bicyclic) bond motifs is 5. The second-order valence-corrected chi connectivity index (χ2v) is 18.1. The molecule has 0 bridgehead atoms. The van der Waals surface area contributed by atoms with Gasteiger partial charge in [-0.05, 0) is 91.3 Å². The van der Waals surface area contributed by atoms with Crippen molar-refractivity contribution in [2.24, 2.45) is 46.3 Å². The van der Waals surface area contributed by atoms with E-state index in [4.69, 9.17) is 21.3 Å². The van der Waals surface area contributed by atoms with E-state index in [1.807, 2.05) is 0 Å². The molecule has 0 heterocycles. The van der Waals surface area contributed by atoms with E-state index in [9.17, 15) is 19.5 Å². The molecule has 4 saturated carbocycles. The molecule has 5 aliphatic rings. The third-order valence-electron chi connectivity index (χ3n) is 14.1. The van der Waals surface area contributed by atoms with E-state index in [2.05, 4.69) is 53.1 Å². The zero-order valence-electron chi connectivity index (χ0n) is 32.7. The quantitative estimate of drug-likeness (QED) is 0.108. The monoisotopic (exact) mass is 908 g/mol. The van der Waals surface area contributed by atoms with Crippen molar-refractivity contribution in [1.29, 1.82) is 0 Å². The molecule has 0 radical (unpaired) electrons. The van der Waals surface area contributed by atoms with Crippen molar-refractivity contribution in [3.63, 3.8) is 0 Å². The molecule has 0 aromatic carbocycles. The first-order chi connectivity index (χ1) is 24.0. The molecular formula is C41H69N4O6Pt-3. The Morgan fingerprint density at radius 2 is 1.67 bits per heavy atom. The van der Waals surface area contributed by atoms with Gasteiger partial charge in [0, 0.05) is 27.5 Å². The summed E-state index contributed by atoms with van der Waals surface area (Å²) in [6.07, 6.45) is 19.3. The standard InChI is InChI=1S/C35H58N2O6.C6H12N2.Pt/c1-23(2)8-7-9-24(3)28-12-13-29-27-11-10-25-20-26(14-16-34(25,4)30(27)15-17-35(28,29)5)43-33(42)36-18-19-37(6,21-31(38)39)22-32(40)41;7-5-3-1-2-4-6(5)8;/h10,23-24,26-30H,6-9,11-22H2,1-5H3,(H,36,42)(H,38,39)(H,40,41);5-8H,1-4H2;/q;-2;/p-1/t24-,26+,27+,28-,29+,30+,34+,35-;5-,6-;/m11./s1. The topological polar surface area (TPSA) is 163 Å². The van der Waals surface area contributed by atoms with E-state index in [-0.39, 0.29) is 57.8 Å².